The number of hydrogen-bond donors (Lipinski definition) is 1. The van der Waals surface area contributed by atoms with Gasteiger partial charge in [-0.3, -0.25) is 4.90 Å². The lowest BCUT2D eigenvalue weighted by molar-refractivity contribution is 0.0566. The average Bonchev–Trinajstić information content (AvgIpc) is 3.18. The zero-order chi connectivity index (χ0) is 18.0. The Morgan fingerprint density at radius 1 is 1.28 bits per heavy atom. The molecule has 1 fully saturated rings. The maximum atomic E-state index is 12.5. The fourth-order valence-electron chi connectivity index (χ4n) is 2.61. The van der Waals surface area contributed by atoms with Crippen molar-refractivity contribution in [2.45, 2.75) is 20.0 Å². The number of aromatic nitrogens is 5. The van der Waals surface area contributed by atoms with E-state index >= 15 is 0 Å². The second-order valence-corrected chi connectivity index (χ2v) is 5.90. The molecule has 25 heavy (non-hydrogen) atoms. The van der Waals surface area contributed by atoms with Gasteiger partial charge in [-0.25, -0.2) is 9.48 Å². The van der Waals surface area contributed by atoms with Gasteiger partial charge in [-0.05, 0) is 6.92 Å². The minimum atomic E-state index is -2.72. The number of rotatable bonds is 4. The van der Waals surface area contributed by atoms with Crippen molar-refractivity contribution in [1.82, 2.24) is 34.3 Å². The standard InChI is InChI=1S/C14H20F2N8O/c1-10-19-20-12(21(10)2)9-22-3-5-23(6-4-22)14(25)18-11-7-17-24(8-11)13(15)16/h7-8,13H,3-6,9H2,1-2H3,(H,18,25). The molecule has 1 N–H and O–H groups in total. The third kappa shape index (κ3) is 3.92. The summed E-state index contributed by atoms with van der Waals surface area (Å²) in [4.78, 5) is 16.1. The van der Waals surface area contributed by atoms with E-state index in [1.54, 1.807) is 4.90 Å². The van der Waals surface area contributed by atoms with Gasteiger partial charge < -0.3 is 14.8 Å². The number of carbonyl (C=O) groups excluding carboxylic acids is 1. The molecule has 2 aromatic heterocycles. The highest BCUT2D eigenvalue weighted by atomic mass is 19.3. The maximum absolute atomic E-state index is 12.5. The minimum Gasteiger partial charge on any atom is -0.322 e. The van der Waals surface area contributed by atoms with Crippen LogP contribution in [0.3, 0.4) is 0 Å². The van der Waals surface area contributed by atoms with E-state index in [4.69, 9.17) is 0 Å². The molecule has 2 aromatic rings. The van der Waals surface area contributed by atoms with Crippen molar-refractivity contribution in [3.05, 3.63) is 24.0 Å². The van der Waals surface area contributed by atoms with Crippen LogP contribution < -0.4 is 5.32 Å². The Labute approximate surface area is 143 Å². The van der Waals surface area contributed by atoms with Crippen LogP contribution in [0.25, 0.3) is 0 Å². The van der Waals surface area contributed by atoms with Gasteiger partial charge in [0.1, 0.15) is 11.6 Å². The first-order chi connectivity index (χ1) is 11.9. The molecule has 0 bridgehead atoms. The van der Waals surface area contributed by atoms with Crippen molar-refractivity contribution in [3.8, 4) is 0 Å². The van der Waals surface area contributed by atoms with E-state index in [1.165, 1.54) is 6.20 Å². The molecule has 0 atom stereocenters. The number of amides is 2. The molecule has 9 nitrogen and oxygen atoms in total. The monoisotopic (exact) mass is 354 g/mol. The van der Waals surface area contributed by atoms with Crippen LogP contribution in [0.15, 0.2) is 12.4 Å². The third-order valence-corrected chi connectivity index (χ3v) is 4.26. The summed E-state index contributed by atoms with van der Waals surface area (Å²) in [7, 11) is 1.92. The molecule has 3 rings (SSSR count). The predicted molar refractivity (Wildman–Crippen MR) is 85.1 cm³/mol. The first-order valence-corrected chi connectivity index (χ1v) is 7.89. The normalized spacial score (nSPS) is 15.8. The Morgan fingerprint density at radius 2 is 2.00 bits per heavy atom. The van der Waals surface area contributed by atoms with Crippen LogP contribution in [0.2, 0.25) is 0 Å². The molecule has 0 unspecified atom stereocenters. The molecule has 0 spiro atoms. The summed E-state index contributed by atoms with van der Waals surface area (Å²) in [5, 5.41) is 14.3. The summed E-state index contributed by atoms with van der Waals surface area (Å²) in [6.45, 7) is 2.35. The number of anilines is 1. The zero-order valence-electron chi connectivity index (χ0n) is 14.1. The Bertz CT molecular complexity index is 735. The summed E-state index contributed by atoms with van der Waals surface area (Å²) in [5.74, 6) is 1.74. The number of halogens is 2. The lowest BCUT2D eigenvalue weighted by Gasteiger charge is -2.34. The maximum Gasteiger partial charge on any atom is 0.333 e. The average molecular weight is 354 g/mol. The SMILES string of the molecule is Cc1nnc(CN2CCN(C(=O)Nc3cnn(C(F)F)c3)CC2)n1C. The van der Waals surface area contributed by atoms with Gasteiger partial charge in [0.15, 0.2) is 0 Å². The van der Waals surface area contributed by atoms with Crippen LogP contribution in [0.1, 0.15) is 18.2 Å². The Morgan fingerprint density at radius 3 is 2.56 bits per heavy atom. The largest absolute Gasteiger partial charge is 0.333 e. The smallest absolute Gasteiger partial charge is 0.322 e. The van der Waals surface area contributed by atoms with Gasteiger partial charge >= 0.3 is 12.6 Å². The number of hydrogen-bond acceptors (Lipinski definition) is 5. The van der Waals surface area contributed by atoms with E-state index in [9.17, 15) is 13.6 Å². The number of nitrogens with one attached hydrogen (secondary N) is 1. The highest BCUT2D eigenvalue weighted by molar-refractivity contribution is 5.89. The zero-order valence-corrected chi connectivity index (χ0v) is 14.1. The van der Waals surface area contributed by atoms with Crippen molar-refractivity contribution in [1.29, 1.82) is 0 Å². The first kappa shape index (κ1) is 17.3. The van der Waals surface area contributed by atoms with E-state index in [0.29, 0.717) is 37.4 Å². The molecule has 2 amide bonds. The van der Waals surface area contributed by atoms with Crippen LogP contribution in [-0.4, -0.2) is 66.6 Å². The van der Waals surface area contributed by atoms with Gasteiger partial charge in [0, 0.05) is 33.2 Å². The summed E-state index contributed by atoms with van der Waals surface area (Å²) < 4.78 is 27.4. The van der Waals surface area contributed by atoms with Gasteiger partial charge in [-0.15, -0.1) is 10.2 Å². The first-order valence-electron chi connectivity index (χ1n) is 7.89. The number of aryl methyl sites for hydroxylation is 1. The molecule has 1 saturated heterocycles. The van der Waals surface area contributed by atoms with Crippen LogP contribution in [0, 0.1) is 6.92 Å². The molecule has 1 aliphatic heterocycles. The van der Waals surface area contributed by atoms with Gasteiger partial charge in [0.2, 0.25) is 0 Å². The molecule has 0 radical (unpaired) electrons. The summed E-state index contributed by atoms with van der Waals surface area (Å²) in [6.07, 6.45) is 2.31. The molecule has 0 aliphatic carbocycles. The number of urea groups is 1. The van der Waals surface area contributed by atoms with Crippen molar-refractivity contribution >= 4 is 11.7 Å². The number of piperazine rings is 1. The molecular formula is C14H20F2N8O. The fourth-order valence-corrected chi connectivity index (χ4v) is 2.61. The van der Waals surface area contributed by atoms with Gasteiger partial charge in [-0.1, -0.05) is 0 Å². The fraction of sp³-hybridized carbons (Fsp3) is 0.571. The van der Waals surface area contributed by atoms with E-state index in [0.717, 1.165) is 17.8 Å². The summed E-state index contributed by atoms with van der Waals surface area (Å²) >= 11 is 0. The van der Waals surface area contributed by atoms with Crippen molar-refractivity contribution in [2.24, 2.45) is 7.05 Å². The topological polar surface area (TPSA) is 84.1 Å². The number of carbonyl (C=O) groups is 1. The highest BCUT2D eigenvalue weighted by Crippen LogP contribution is 2.14. The molecule has 3 heterocycles. The minimum absolute atomic E-state index is 0.252. The quantitative estimate of drug-likeness (QED) is 0.888. The number of nitrogens with zero attached hydrogens (tertiary/aromatic N) is 7. The van der Waals surface area contributed by atoms with Gasteiger partial charge in [-0.2, -0.15) is 13.9 Å². The summed E-state index contributed by atoms with van der Waals surface area (Å²) in [5.41, 5.74) is 0.252. The van der Waals surface area contributed by atoms with E-state index in [-0.39, 0.29) is 11.7 Å². The Kier molecular flexibility index (Phi) is 4.93. The summed E-state index contributed by atoms with van der Waals surface area (Å²) in [6, 6.07) is -0.317. The second kappa shape index (κ2) is 7.13. The Hall–Kier alpha value is -2.56. The van der Waals surface area contributed by atoms with Crippen molar-refractivity contribution in [2.75, 3.05) is 31.5 Å². The van der Waals surface area contributed by atoms with Crippen LogP contribution in [-0.2, 0) is 13.6 Å². The molecular weight excluding hydrogens is 334 g/mol. The third-order valence-electron chi connectivity index (χ3n) is 4.26. The second-order valence-electron chi connectivity index (χ2n) is 5.90. The Balaban J connectivity index is 1.49. The molecule has 0 saturated carbocycles. The lowest BCUT2D eigenvalue weighted by Crippen LogP contribution is -2.49. The molecule has 136 valence electrons. The number of alkyl halides is 2. The highest BCUT2D eigenvalue weighted by Gasteiger charge is 2.23. The van der Waals surface area contributed by atoms with Crippen LogP contribution >= 0.6 is 0 Å². The van der Waals surface area contributed by atoms with E-state index in [2.05, 4.69) is 25.5 Å². The van der Waals surface area contributed by atoms with E-state index < -0.39 is 6.55 Å². The molecule has 1 aliphatic rings. The van der Waals surface area contributed by atoms with Gasteiger partial charge in [0.25, 0.3) is 0 Å². The van der Waals surface area contributed by atoms with Gasteiger partial charge in [0.05, 0.1) is 24.6 Å². The van der Waals surface area contributed by atoms with Crippen LogP contribution in [0.5, 0.6) is 0 Å². The van der Waals surface area contributed by atoms with Crippen LogP contribution in [0.4, 0.5) is 19.3 Å². The predicted octanol–water partition coefficient (Wildman–Crippen LogP) is 1.06. The van der Waals surface area contributed by atoms with E-state index in [1.807, 2.05) is 18.5 Å². The molecule has 11 heteroatoms. The molecule has 0 aromatic carbocycles. The lowest BCUT2D eigenvalue weighted by atomic mass is 10.3. The van der Waals surface area contributed by atoms with Crippen molar-refractivity contribution in [3.63, 3.8) is 0 Å². The van der Waals surface area contributed by atoms with Crippen molar-refractivity contribution < 1.29 is 13.6 Å².